The molecule has 0 aliphatic heterocycles. The lowest BCUT2D eigenvalue weighted by Gasteiger charge is -1.85. The first kappa shape index (κ1) is 11.6. The topological polar surface area (TPSA) is 74.6 Å². The lowest BCUT2D eigenvalue weighted by Crippen LogP contribution is -1.96. The van der Waals surface area contributed by atoms with Gasteiger partial charge < -0.3 is 10.2 Å². The van der Waals surface area contributed by atoms with Gasteiger partial charge >= 0.3 is 5.97 Å². The van der Waals surface area contributed by atoms with Crippen molar-refractivity contribution >= 4 is 23.3 Å². The van der Waals surface area contributed by atoms with Crippen LogP contribution in [0.3, 0.4) is 0 Å². The average Bonchev–Trinajstić information content (AvgIpc) is 2.36. The molecule has 0 aromatic carbocycles. The van der Waals surface area contributed by atoms with Crippen LogP contribution in [-0.2, 0) is 16.0 Å². The molecular formula is C8H10O4S. The second kappa shape index (κ2) is 6.19. The summed E-state index contributed by atoms with van der Waals surface area (Å²) in [5.41, 5.74) is 0. The molecule has 0 saturated carbocycles. The van der Waals surface area contributed by atoms with Crippen LogP contribution in [0.5, 0.6) is 0 Å². The summed E-state index contributed by atoms with van der Waals surface area (Å²) in [4.78, 5) is 20.0. The predicted molar refractivity (Wildman–Crippen MR) is 49.0 cm³/mol. The van der Waals surface area contributed by atoms with Gasteiger partial charge in [-0.15, -0.1) is 11.3 Å². The van der Waals surface area contributed by atoms with Gasteiger partial charge in [0.25, 0.3) is 5.97 Å². The second-order valence-electron chi connectivity index (χ2n) is 2.17. The highest BCUT2D eigenvalue weighted by Gasteiger charge is 1.98. The highest BCUT2D eigenvalue weighted by atomic mass is 32.1. The molecule has 0 radical (unpaired) electrons. The standard InChI is InChI=1S/C6H6O2S.C2H4O2/c7-6(8)4-5-2-1-3-9-5;1-2(3)4/h1-3H,4H2,(H,7,8);1H3,(H,3,4). The number of aliphatic carboxylic acids is 2. The first-order valence-corrected chi connectivity index (χ1v) is 4.34. The fourth-order valence-corrected chi connectivity index (χ4v) is 1.26. The molecule has 13 heavy (non-hydrogen) atoms. The van der Waals surface area contributed by atoms with Crippen molar-refractivity contribution in [2.45, 2.75) is 13.3 Å². The number of hydrogen-bond donors (Lipinski definition) is 2. The van der Waals surface area contributed by atoms with Crippen molar-refractivity contribution < 1.29 is 19.8 Å². The molecule has 1 heterocycles. The van der Waals surface area contributed by atoms with Crippen LogP contribution in [0.25, 0.3) is 0 Å². The zero-order valence-corrected chi connectivity index (χ0v) is 7.87. The summed E-state index contributed by atoms with van der Waals surface area (Å²) in [6.07, 6.45) is 0.150. The minimum atomic E-state index is -0.833. The molecule has 0 amide bonds. The first-order valence-electron chi connectivity index (χ1n) is 3.46. The summed E-state index contributed by atoms with van der Waals surface area (Å²) >= 11 is 1.47. The van der Waals surface area contributed by atoms with Crippen LogP contribution in [0.4, 0.5) is 0 Å². The molecule has 2 N–H and O–H groups in total. The molecule has 0 aliphatic rings. The predicted octanol–water partition coefficient (Wildman–Crippen LogP) is 1.47. The molecule has 1 aromatic heterocycles. The minimum absolute atomic E-state index is 0.150. The number of hydrogen-bond acceptors (Lipinski definition) is 3. The molecule has 0 atom stereocenters. The fraction of sp³-hybridized carbons (Fsp3) is 0.250. The van der Waals surface area contributed by atoms with E-state index in [-0.39, 0.29) is 6.42 Å². The Hall–Kier alpha value is -1.36. The third-order valence-corrected chi connectivity index (χ3v) is 1.78. The van der Waals surface area contributed by atoms with Crippen molar-refractivity contribution in [1.82, 2.24) is 0 Å². The van der Waals surface area contributed by atoms with Crippen LogP contribution in [0.15, 0.2) is 17.5 Å². The first-order chi connectivity index (χ1) is 6.02. The van der Waals surface area contributed by atoms with Crippen molar-refractivity contribution in [3.8, 4) is 0 Å². The molecule has 0 saturated heterocycles. The molecule has 0 bridgehead atoms. The minimum Gasteiger partial charge on any atom is -0.481 e. The van der Waals surface area contributed by atoms with E-state index in [9.17, 15) is 4.79 Å². The lowest BCUT2D eigenvalue weighted by molar-refractivity contribution is -0.136. The highest BCUT2D eigenvalue weighted by molar-refractivity contribution is 7.10. The summed E-state index contributed by atoms with van der Waals surface area (Å²) in [5, 5.41) is 17.6. The molecule has 5 heteroatoms. The highest BCUT2D eigenvalue weighted by Crippen LogP contribution is 2.08. The maximum Gasteiger partial charge on any atom is 0.308 e. The summed E-state index contributed by atoms with van der Waals surface area (Å²) in [5.74, 6) is -1.60. The van der Waals surface area contributed by atoms with Crippen molar-refractivity contribution in [3.63, 3.8) is 0 Å². The van der Waals surface area contributed by atoms with Gasteiger partial charge in [0.1, 0.15) is 0 Å². The number of carboxylic acids is 2. The quantitative estimate of drug-likeness (QED) is 0.761. The van der Waals surface area contributed by atoms with Gasteiger partial charge in [-0.25, -0.2) is 0 Å². The Morgan fingerprint density at radius 2 is 2.00 bits per heavy atom. The van der Waals surface area contributed by atoms with Crippen LogP contribution < -0.4 is 0 Å². The van der Waals surface area contributed by atoms with E-state index in [1.54, 1.807) is 0 Å². The van der Waals surface area contributed by atoms with Crippen LogP contribution in [0.1, 0.15) is 11.8 Å². The smallest absolute Gasteiger partial charge is 0.308 e. The van der Waals surface area contributed by atoms with Crippen LogP contribution >= 0.6 is 11.3 Å². The number of carbonyl (C=O) groups is 2. The van der Waals surface area contributed by atoms with Gasteiger partial charge in [-0.05, 0) is 11.4 Å². The largest absolute Gasteiger partial charge is 0.481 e. The fourth-order valence-electron chi connectivity index (χ4n) is 0.562. The molecule has 4 nitrogen and oxygen atoms in total. The van der Waals surface area contributed by atoms with Gasteiger partial charge in [0.05, 0.1) is 6.42 Å². The van der Waals surface area contributed by atoms with E-state index in [1.165, 1.54) is 11.3 Å². The van der Waals surface area contributed by atoms with E-state index in [1.807, 2.05) is 17.5 Å². The van der Waals surface area contributed by atoms with Crippen molar-refractivity contribution in [2.24, 2.45) is 0 Å². The van der Waals surface area contributed by atoms with Crippen molar-refractivity contribution in [1.29, 1.82) is 0 Å². The monoisotopic (exact) mass is 202 g/mol. The Balaban J connectivity index is 0.000000310. The number of thiophene rings is 1. The molecule has 0 fully saturated rings. The van der Waals surface area contributed by atoms with Gasteiger partial charge in [-0.3, -0.25) is 9.59 Å². The van der Waals surface area contributed by atoms with Crippen molar-refractivity contribution in [3.05, 3.63) is 22.4 Å². The SMILES string of the molecule is CC(=O)O.O=C(O)Cc1cccs1. The van der Waals surface area contributed by atoms with E-state index in [2.05, 4.69) is 0 Å². The summed E-state index contributed by atoms with van der Waals surface area (Å²) in [7, 11) is 0. The van der Waals surface area contributed by atoms with Crippen LogP contribution in [0.2, 0.25) is 0 Å². The zero-order valence-electron chi connectivity index (χ0n) is 7.06. The van der Waals surface area contributed by atoms with E-state index in [0.717, 1.165) is 11.8 Å². The Morgan fingerprint density at radius 1 is 1.46 bits per heavy atom. The van der Waals surface area contributed by atoms with E-state index >= 15 is 0 Å². The molecule has 0 aliphatic carbocycles. The second-order valence-corrected chi connectivity index (χ2v) is 3.20. The average molecular weight is 202 g/mol. The third-order valence-electron chi connectivity index (χ3n) is 0.906. The van der Waals surface area contributed by atoms with Gasteiger partial charge in [-0.2, -0.15) is 0 Å². The Bertz CT molecular complexity index is 262. The summed E-state index contributed by atoms with van der Waals surface area (Å²) < 4.78 is 0. The number of rotatable bonds is 2. The molecular weight excluding hydrogens is 192 g/mol. The van der Waals surface area contributed by atoms with Gasteiger partial charge in [-0.1, -0.05) is 6.07 Å². The molecule has 72 valence electrons. The molecule has 0 spiro atoms. The number of carboxylic acid groups (broad SMARTS) is 2. The third kappa shape index (κ3) is 8.55. The summed E-state index contributed by atoms with van der Waals surface area (Å²) in [6.45, 7) is 1.08. The van der Waals surface area contributed by atoms with Gasteiger partial charge in [0, 0.05) is 11.8 Å². The van der Waals surface area contributed by atoms with Crippen LogP contribution in [0, 0.1) is 0 Å². The Labute approximate surface area is 79.4 Å². The normalized spacial score (nSPS) is 8.38. The molecule has 0 unspecified atom stereocenters. The maximum atomic E-state index is 10.1. The van der Waals surface area contributed by atoms with Crippen LogP contribution in [-0.4, -0.2) is 22.2 Å². The lowest BCUT2D eigenvalue weighted by atomic mass is 10.3. The van der Waals surface area contributed by atoms with E-state index in [4.69, 9.17) is 15.0 Å². The van der Waals surface area contributed by atoms with Crippen molar-refractivity contribution in [2.75, 3.05) is 0 Å². The zero-order chi connectivity index (χ0) is 10.3. The molecule has 1 aromatic rings. The van der Waals surface area contributed by atoms with E-state index < -0.39 is 11.9 Å². The van der Waals surface area contributed by atoms with E-state index in [0.29, 0.717) is 0 Å². The molecule has 1 rings (SSSR count). The van der Waals surface area contributed by atoms with Gasteiger partial charge in [0.2, 0.25) is 0 Å². The Morgan fingerprint density at radius 3 is 2.31 bits per heavy atom. The maximum absolute atomic E-state index is 10.1. The Kier molecular flexibility index (Phi) is 5.54. The van der Waals surface area contributed by atoms with Gasteiger partial charge in [0.15, 0.2) is 0 Å². The summed E-state index contributed by atoms with van der Waals surface area (Å²) in [6, 6.07) is 3.67.